The lowest BCUT2D eigenvalue weighted by atomic mass is 9.72. The molecule has 1 saturated carbocycles. The number of hydrogen-bond donors (Lipinski definition) is 1. The standard InChI is InChI=1S/C25H21N5O/c26-25(12-4-13-25)20-9-7-18(8-10-20)22-21(17-5-2-1-3-6-17)15-30-24(27-22)28-23(29-30)19-11-14-31-16-19/h1-3,5-11,14-16H,4,12-13,26H2. The molecule has 0 saturated heterocycles. The molecule has 0 amide bonds. The maximum Gasteiger partial charge on any atom is 0.253 e. The van der Waals surface area contributed by atoms with E-state index in [-0.39, 0.29) is 5.54 Å². The van der Waals surface area contributed by atoms with E-state index in [1.807, 2.05) is 30.5 Å². The number of fused-ring (bicyclic) bond motifs is 1. The van der Waals surface area contributed by atoms with Crippen LogP contribution in [0.4, 0.5) is 0 Å². The minimum Gasteiger partial charge on any atom is -0.472 e. The fourth-order valence-electron chi connectivity index (χ4n) is 4.19. The Kier molecular flexibility index (Phi) is 4.01. The van der Waals surface area contributed by atoms with Gasteiger partial charge in [-0.2, -0.15) is 4.98 Å². The third kappa shape index (κ3) is 3.04. The lowest BCUT2D eigenvalue weighted by molar-refractivity contribution is 0.253. The van der Waals surface area contributed by atoms with Crippen LogP contribution in [-0.2, 0) is 5.54 Å². The molecular formula is C25H21N5O. The first-order valence-corrected chi connectivity index (χ1v) is 10.4. The molecule has 3 aromatic heterocycles. The summed E-state index contributed by atoms with van der Waals surface area (Å²) in [7, 11) is 0. The summed E-state index contributed by atoms with van der Waals surface area (Å²) in [5.41, 5.74) is 12.3. The molecule has 6 nitrogen and oxygen atoms in total. The van der Waals surface area contributed by atoms with Crippen LogP contribution in [0.1, 0.15) is 24.8 Å². The number of rotatable bonds is 4. The van der Waals surface area contributed by atoms with E-state index in [1.165, 1.54) is 12.0 Å². The Balaban J connectivity index is 1.51. The van der Waals surface area contributed by atoms with Gasteiger partial charge in [-0.3, -0.25) is 0 Å². The van der Waals surface area contributed by atoms with Crippen molar-refractivity contribution in [1.82, 2.24) is 19.6 Å². The van der Waals surface area contributed by atoms with E-state index in [4.69, 9.17) is 15.1 Å². The molecule has 0 bridgehead atoms. The Labute approximate surface area is 179 Å². The van der Waals surface area contributed by atoms with Crippen molar-refractivity contribution < 1.29 is 4.42 Å². The second-order valence-electron chi connectivity index (χ2n) is 8.15. The molecular weight excluding hydrogens is 386 g/mol. The minimum atomic E-state index is -0.176. The molecule has 5 aromatic rings. The molecule has 6 rings (SSSR count). The summed E-state index contributed by atoms with van der Waals surface area (Å²) in [6.07, 6.45) is 8.53. The largest absolute Gasteiger partial charge is 0.472 e. The first-order chi connectivity index (χ1) is 15.2. The SMILES string of the molecule is NC1(c2ccc(-c3nc4nc(-c5ccoc5)nn4cc3-c3ccccc3)cc2)CCC1. The molecule has 6 heteroatoms. The second-order valence-corrected chi connectivity index (χ2v) is 8.15. The van der Waals surface area contributed by atoms with Gasteiger partial charge < -0.3 is 10.2 Å². The van der Waals surface area contributed by atoms with Crippen LogP contribution in [0.25, 0.3) is 39.5 Å². The number of nitrogens with zero attached hydrogens (tertiary/aromatic N) is 4. The van der Waals surface area contributed by atoms with Crippen LogP contribution in [-0.4, -0.2) is 19.6 Å². The Morgan fingerprint density at radius 2 is 1.68 bits per heavy atom. The maximum atomic E-state index is 6.51. The van der Waals surface area contributed by atoms with Crippen molar-refractivity contribution in [3.8, 4) is 33.8 Å². The number of furan rings is 1. The molecule has 1 fully saturated rings. The van der Waals surface area contributed by atoms with E-state index < -0.39 is 0 Å². The van der Waals surface area contributed by atoms with Crippen molar-refractivity contribution in [2.45, 2.75) is 24.8 Å². The molecule has 1 aliphatic rings. The molecule has 31 heavy (non-hydrogen) atoms. The van der Waals surface area contributed by atoms with Crippen molar-refractivity contribution in [2.24, 2.45) is 5.73 Å². The van der Waals surface area contributed by atoms with Crippen LogP contribution in [0.5, 0.6) is 0 Å². The van der Waals surface area contributed by atoms with Crippen LogP contribution in [0.2, 0.25) is 0 Å². The quantitative estimate of drug-likeness (QED) is 0.450. The molecule has 1 aliphatic carbocycles. The van der Waals surface area contributed by atoms with Crippen LogP contribution in [0.15, 0.2) is 83.8 Å². The summed E-state index contributed by atoms with van der Waals surface area (Å²) < 4.78 is 6.91. The average Bonchev–Trinajstić information content (AvgIpc) is 3.47. The predicted octanol–water partition coefficient (Wildman–Crippen LogP) is 5.06. The van der Waals surface area contributed by atoms with Gasteiger partial charge in [0.05, 0.1) is 17.5 Å². The van der Waals surface area contributed by atoms with Crippen LogP contribution >= 0.6 is 0 Å². The summed E-state index contributed by atoms with van der Waals surface area (Å²) in [4.78, 5) is 9.52. The highest BCUT2D eigenvalue weighted by Crippen LogP contribution is 2.39. The number of aromatic nitrogens is 4. The Morgan fingerprint density at radius 3 is 2.35 bits per heavy atom. The summed E-state index contributed by atoms with van der Waals surface area (Å²) in [5.74, 6) is 1.13. The molecule has 0 spiro atoms. The minimum absolute atomic E-state index is 0.176. The first kappa shape index (κ1) is 18.0. The number of benzene rings is 2. The Morgan fingerprint density at radius 1 is 0.871 bits per heavy atom. The normalized spacial score (nSPS) is 15.1. The highest BCUT2D eigenvalue weighted by atomic mass is 16.3. The summed E-state index contributed by atoms with van der Waals surface area (Å²) in [6, 6.07) is 20.6. The zero-order valence-corrected chi connectivity index (χ0v) is 16.9. The van der Waals surface area contributed by atoms with Crippen LogP contribution in [0, 0.1) is 0 Å². The highest BCUT2D eigenvalue weighted by molar-refractivity contribution is 5.81. The van der Waals surface area contributed by atoms with E-state index in [9.17, 15) is 0 Å². The van der Waals surface area contributed by atoms with Gasteiger partial charge in [-0.25, -0.2) is 9.50 Å². The van der Waals surface area contributed by atoms with Crippen LogP contribution < -0.4 is 5.73 Å². The molecule has 2 N–H and O–H groups in total. The third-order valence-electron chi connectivity index (χ3n) is 6.17. The average molecular weight is 407 g/mol. The van der Waals surface area contributed by atoms with Gasteiger partial charge in [0.1, 0.15) is 6.26 Å². The van der Waals surface area contributed by atoms with E-state index in [1.54, 1.807) is 17.0 Å². The van der Waals surface area contributed by atoms with Crippen molar-refractivity contribution >= 4 is 5.78 Å². The monoisotopic (exact) mass is 407 g/mol. The van der Waals surface area contributed by atoms with Gasteiger partial charge in [-0.15, -0.1) is 5.10 Å². The van der Waals surface area contributed by atoms with Gasteiger partial charge >= 0.3 is 0 Å². The van der Waals surface area contributed by atoms with Gasteiger partial charge in [0.25, 0.3) is 5.78 Å². The third-order valence-corrected chi connectivity index (χ3v) is 6.17. The van der Waals surface area contributed by atoms with Crippen LogP contribution in [0.3, 0.4) is 0 Å². The first-order valence-electron chi connectivity index (χ1n) is 10.4. The van der Waals surface area contributed by atoms with E-state index >= 15 is 0 Å². The second kappa shape index (κ2) is 6.89. The zero-order valence-electron chi connectivity index (χ0n) is 16.9. The van der Waals surface area contributed by atoms with Crippen molar-refractivity contribution in [1.29, 1.82) is 0 Å². The van der Waals surface area contributed by atoms with Gasteiger partial charge in [-0.05, 0) is 36.5 Å². The fourth-order valence-corrected chi connectivity index (χ4v) is 4.19. The van der Waals surface area contributed by atoms with Gasteiger partial charge in [0, 0.05) is 22.9 Å². The molecule has 152 valence electrons. The number of nitrogens with two attached hydrogens (primary N) is 1. The van der Waals surface area contributed by atoms with Gasteiger partial charge in [-0.1, -0.05) is 54.6 Å². The lowest BCUT2D eigenvalue weighted by Gasteiger charge is -2.38. The van der Waals surface area contributed by atoms with E-state index in [0.29, 0.717) is 11.6 Å². The maximum absolute atomic E-state index is 6.51. The van der Waals surface area contributed by atoms with Crippen molar-refractivity contribution in [2.75, 3.05) is 0 Å². The molecule has 0 unspecified atom stereocenters. The van der Waals surface area contributed by atoms with E-state index in [0.717, 1.165) is 40.8 Å². The smallest absolute Gasteiger partial charge is 0.253 e. The lowest BCUT2D eigenvalue weighted by Crippen LogP contribution is -2.43. The molecule has 3 heterocycles. The van der Waals surface area contributed by atoms with Gasteiger partial charge in [0.15, 0.2) is 5.82 Å². The summed E-state index contributed by atoms with van der Waals surface area (Å²) in [5, 5.41) is 4.61. The topological polar surface area (TPSA) is 82.2 Å². The molecule has 0 aliphatic heterocycles. The predicted molar refractivity (Wildman–Crippen MR) is 119 cm³/mol. The van der Waals surface area contributed by atoms with Gasteiger partial charge in [0.2, 0.25) is 0 Å². The molecule has 0 atom stereocenters. The highest BCUT2D eigenvalue weighted by Gasteiger charge is 2.34. The van der Waals surface area contributed by atoms with E-state index in [2.05, 4.69) is 46.5 Å². The fraction of sp³-hybridized carbons (Fsp3) is 0.160. The zero-order chi connectivity index (χ0) is 20.8. The Hall–Kier alpha value is -3.77. The Bertz CT molecular complexity index is 1350. The summed E-state index contributed by atoms with van der Waals surface area (Å²) in [6.45, 7) is 0. The summed E-state index contributed by atoms with van der Waals surface area (Å²) >= 11 is 0. The molecule has 2 aromatic carbocycles. The van der Waals surface area contributed by atoms with Crippen molar-refractivity contribution in [3.63, 3.8) is 0 Å². The molecule has 0 radical (unpaired) electrons. The van der Waals surface area contributed by atoms with Crippen molar-refractivity contribution in [3.05, 3.63) is 85.0 Å². The number of hydrogen-bond acceptors (Lipinski definition) is 5.